The van der Waals surface area contributed by atoms with Gasteiger partial charge in [0.05, 0.1) is 11.8 Å². The molecule has 1 heterocycles. The molecule has 0 aromatic heterocycles. The van der Waals surface area contributed by atoms with Crippen LogP contribution in [0.4, 0.5) is 0 Å². The molecule has 1 saturated carbocycles. The Hall–Kier alpha value is -0.960. The van der Waals surface area contributed by atoms with Gasteiger partial charge in [-0.1, -0.05) is 55.4 Å². The van der Waals surface area contributed by atoms with Gasteiger partial charge in [-0.2, -0.15) is 0 Å². The number of hydrogen-bond acceptors (Lipinski definition) is 3. The lowest BCUT2D eigenvalue weighted by molar-refractivity contribution is 0.726. The molecule has 0 spiro atoms. The molecular weight excluding hydrogens is 228 g/mol. The van der Waals surface area contributed by atoms with Gasteiger partial charge in [-0.05, 0) is 17.9 Å². The highest BCUT2D eigenvalue weighted by Gasteiger charge is 2.37. The van der Waals surface area contributed by atoms with Crippen molar-refractivity contribution in [2.75, 3.05) is 6.54 Å². The Morgan fingerprint density at radius 3 is 2.88 bits per heavy atom. The first-order valence-corrected chi connectivity index (χ1v) is 7.27. The maximum absolute atomic E-state index is 4.61. The molecule has 3 heteroatoms. The van der Waals surface area contributed by atoms with Crippen molar-refractivity contribution in [1.82, 2.24) is 5.32 Å². The fourth-order valence-corrected chi connectivity index (χ4v) is 3.41. The standard InChI is InChI=1S/C14H18N2S/c1-2-10-8-12(10)16-14-15-9-13(17-14)11-6-4-3-5-7-11/h3-7,10,12-13H,2,8-9H2,1H3,(H,15,16). The van der Waals surface area contributed by atoms with Gasteiger partial charge in [0.1, 0.15) is 0 Å². The molecule has 17 heavy (non-hydrogen) atoms. The average molecular weight is 246 g/mol. The van der Waals surface area contributed by atoms with Crippen molar-refractivity contribution in [3.63, 3.8) is 0 Å². The molecule has 3 atom stereocenters. The second-order valence-electron chi connectivity index (χ2n) is 4.82. The van der Waals surface area contributed by atoms with Gasteiger partial charge in [-0.15, -0.1) is 0 Å². The number of aliphatic imine (C=N–C) groups is 1. The molecule has 1 aliphatic heterocycles. The van der Waals surface area contributed by atoms with Crippen LogP contribution in [0.2, 0.25) is 0 Å². The Morgan fingerprint density at radius 2 is 2.18 bits per heavy atom. The van der Waals surface area contributed by atoms with E-state index in [1.807, 2.05) is 11.8 Å². The van der Waals surface area contributed by atoms with E-state index in [0.717, 1.165) is 17.6 Å². The molecule has 0 radical (unpaired) electrons. The first-order valence-electron chi connectivity index (χ1n) is 6.39. The van der Waals surface area contributed by atoms with E-state index in [1.165, 1.54) is 18.4 Å². The van der Waals surface area contributed by atoms with Gasteiger partial charge in [-0.3, -0.25) is 4.99 Å². The van der Waals surface area contributed by atoms with E-state index in [-0.39, 0.29) is 0 Å². The van der Waals surface area contributed by atoms with Gasteiger partial charge in [0.15, 0.2) is 5.17 Å². The zero-order valence-corrected chi connectivity index (χ0v) is 10.9. The molecule has 1 N–H and O–H groups in total. The highest BCUT2D eigenvalue weighted by atomic mass is 32.2. The minimum atomic E-state index is 0.512. The molecule has 0 saturated heterocycles. The molecule has 90 valence electrons. The minimum absolute atomic E-state index is 0.512. The van der Waals surface area contributed by atoms with Crippen molar-refractivity contribution < 1.29 is 0 Å². The highest BCUT2D eigenvalue weighted by Crippen LogP contribution is 2.38. The monoisotopic (exact) mass is 246 g/mol. The molecule has 1 fully saturated rings. The van der Waals surface area contributed by atoms with Crippen molar-refractivity contribution in [2.45, 2.75) is 31.1 Å². The van der Waals surface area contributed by atoms with Gasteiger partial charge in [0, 0.05) is 6.04 Å². The van der Waals surface area contributed by atoms with E-state index in [1.54, 1.807) is 0 Å². The number of nitrogens with zero attached hydrogens (tertiary/aromatic N) is 1. The summed E-state index contributed by atoms with van der Waals surface area (Å²) >= 11 is 1.88. The number of amidine groups is 1. The van der Waals surface area contributed by atoms with Crippen LogP contribution in [-0.4, -0.2) is 17.8 Å². The van der Waals surface area contributed by atoms with E-state index in [9.17, 15) is 0 Å². The SMILES string of the molecule is CCC1CC1NC1=NCC(c2ccccc2)S1. The van der Waals surface area contributed by atoms with Crippen LogP contribution in [0.15, 0.2) is 35.3 Å². The van der Waals surface area contributed by atoms with Crippen LogP contribution in [0.5, 0.6) is 0 Å². The van der Waals surface area contributed by atoms with Crippen LogP contribution in [-0.2, 0) is 0 Å². The predicted octanol–water partition coefficient (Wildman–Crippen LogP) is 3.22. The summed E-state index contributed by atoms with van der Waals surface area (Å²) in [7, 11) is 0. The maximum Gasteiger partial charge on any atom is 0.157 e. The zero-order valence-electron chi connectivity index (χ0n) is 10.1. The Morgan fingerprint density at radius 1 is 1.35 bits per heavy atom. The number of thioether (sulfide) groups is 1. The molecule has 1 aromatic carbocycles. The Bertz CT molecular complexity index is 415. The molecular formula is C14H18N2S. The molecule has 3 rings (SSSR count). The fourth-order valence-electron chi connectivity index (χ4n) is 2.33. The quantitative estimate of drug-likeness (QED) is 0.885. The van der Waals surface area contributed by atoms with E-state index >= 15 is 0 Å². The van der Waals surface area contributed by atoms with Crippen molar-refractivity contribution in [2.24, 2.45) is 10.9 Å². The highest BCUT2D eigenvalue weighted by molar-refractivity contribution is 8.14. The molecule has 0 bridgehead atoms. The predicted molar refractivity (Wildman–Crippen MR) is 74.4 cm³/mol. The lowest BCUT2D eigenvalue weighted by Crippen LogP contribution is -2.22. The van der Waals surface area contributed by atoms with E-state index in [2.05, 4.69) is 47.6 Å². The lowest BCUT2D eigenvalue weighted by Gasteiger charge is -2.09. The van der Waals surface area contributed by atoms with Gasteiger partial charge in [0.2, 0.25) is 0 Å². The Kier molecular flexibility index (Phi) is 3.10. The van der Waals surface area contributed by atoms with Crippen LogP contribution in [0.25, 0.3) is 0 Å². The zero-order chi connectivity index (χ0) is 11.7. The largest absolute Gasteiger partial charge is 0.362 e. The Balaban J connectivity index is 1.55. The molecule has 1 aliphatic carbocycles. The number of nitrogens with one attached hydrogen (secondary N) is 1. The first-order chi connectivity index (χ1) is 8.36. The summed E-state index contributed by atoms with van der Waals surface area (Å²) in [5, 5.41) is 5.23. The summed E-state index contributed by atoms with van der Waals surface area (Å²) in [4.78, 5) is 4.61. The topological polar surface area (TPSA) is 24.4 Å². The molecule has 3 unspecified atom stereocenters. The van der Waals surface area contributed by atoms with E-state index in [4.69, 9.17) is 0 Å². The molecule has 0 amide bonds. The number of benzene rings is 1. The van der Waals surface area contributed by atoms with Crippen molar-refractivity contribution in [3.8, 4) is 0 Å². The molecule has 2 nitrogen and oxygen atoms in total. The van der Waals surface area contributed by atoms with Crippen molar-refractivity contribution >= 4 is 16.9 Å². The minimum Gasteiger partial charge on any atom is -0.362 e. The van der Waals surface area contributed by atoms with E-state index in [0.29, 0.717) is 11.3 Å². The van der Waals surface area contributed by atoms with Crippen molar-refractivity contribution in [3.05, 3.63) is 35.9 Å². The van der Waals surface area contributed by atoms with Gasteiger partial charge < -0.3 is 5.32 Å². The number of hydrogen-bond donors (Lipinski definition) is 1. The Labute approximate surface area is 107 Å². The van der Waals surface area contributed by atoms with Crippen LogP contribution < -0.4 is 5.32 Å². The summed E-state index contributed by atoms with van der Waals surface area (Å²) in [5.74, 6) is 0.883. The van der Waals surface area contributed by atoms with Gasteiger partial charge >= 0.3 is 0 Å². The lowest BCUT2D eigenvalue weighted by atomic mass is 10.1. The van der Waals surface area contributed by atoms with Crippen molar-refractivity contribution in [1.29, 1.82) is 0 Å². The summed E-state index contributed by atoms with van der Waals surface area (Å²) in [6.45, 7) is 3.18. The number of rotatable bonds is 3. The second kappa shape index (κ2) is 4.73. The average Bonchev–Trinajstić information content (AvgIpc) is 2.96. The third kappa shape index (κ3) is 2.49. The summed E-state index contributed by atoms with van der Waals surface area (Å²) < 4.78 is 0. The van der Waals surface area contributed by atoms with Gasteiger partial charge in [0.25, 0.3) is 0 Å². The smallest absolute Gasteiger partial charge is 0.157 e. The second-order valence-corrected chi connectivity index (χ2v) is 6.01. The molecule has 1 aromatic rings. The van der Waals surface area contributed by atoms with E-state index < -0.39 is 0 Å². The van der Waals surface area contributed by atoms with Crippen LogP contribution in [0.1, 0.15) is 30.6 Å². The maximum atomic E-state index is 4.61. The normalized spacial score (nSPS) is 31.1. The van der Waals surface area contributed by atoms with Crippen LogP contribution in [0.3, 0.4) is 0 Å². The summed E-state index contributed by atoms with van der Waals surface area (Å²) in [6, 6.07) is 11.4. The summed E-state index contributed by atoms with van der Waals surface area (Å²) in [6.07, 6.45) is 2.61. The van der Waals surface area contributed by atoms with Crippen LogP contribution in [0, 0.1) is 5.92 Å². The third-order valence-electron chi connectivity index (χ3n) is 3.58. The first kappa shape index (κ1) is 11.1. The molecule has 2 aliphatic rings. The van der Waals surface area contributed by atoms with Gasteiger partial charge in [-0.25, -0.2) is 0 Å². The fraction of sp³-hybridized carbons (Fsp3) is 0.500. The third-order valence-corrected chi connectivity index (χ3v) is 4.76. The van der Waals surface area contributed by atoms with Crippen LogP contribution >= 0.6 is 11.8 Å². The summed E-state index contributed by atoms with van der Waals surface area (Å²) in [5.41, 5.74) is 1.39.